The smallest absolute Gasteiger partial charge is 0.237 e. The predicted molar refractivity (Wildman–Crippen MR) is 86.5 cm³/mol. The van der Waals surface area contributed by atoms with E-state index in [0.717, 1.165) is 0 Å². The van der Waals surface area contributed by atoms with Crippen LogP contribution in [0, 0.1) is 12.3 Å². The number of fused-ring (bicyclic) bond motifs is 1. The van der Waals surface area contributed by atoms with Crippen LogP contribution < -0.4 is 5.73 Å². The Morgan fingerprint density at radius 1 is 1.33 bits per heavy atom. The van der Waals surface area contributed by atoms with Crippen molar-refractivity contribution in [2.45, 2.75) is 31.8 Å². The molecular formula is C16H25N4O4. The number of likely N-dealkylation sites (N-methyl/N-ethyl adjacent to an activating group) is 1. The lowest BCUT2D eigenvalue weighted by Crippen LogP contribution is -2.45. The van der Waals surface area contributed by atoms with E-state index in [1.807, 2.05) is 0 Å². The highest BCUT2D eigenvalue weighted by Gasteiger charge is 2.51. The van der Waals surface area contributed by atoms with Crippen molar-refractivity contribution in [3.8, 4) is 0 Å². The Labute approximate surface area is 141 Å². The molecule has 2 heterocycles. The third-order valence-electron chi connectivity index (χ3n) is 4.61. The van der Waals surface area contributed by atoms with Crippen LogP contribution in [0.25, 0.3) is 0 Å². The second-order valence-corrected chi connectivity index (χ2v) is 6.80. The second-order valence-electron chi connectivity index (χ2n) is 6.80. The van der Waals surface area contributed by atoms with E-state index in [4.69, 9.17) is 5.73 Å². The molecule has 2 saturated heterocycles. The number of nitrogens with zero attached hydrogens (tertiary/aromatic N) is 3. The third-order valence-corrected chi connectivity index (χ3v) is 4.61. The Bertz CT molecular complexity index is 548. The summed E-state index contributed by atoms with van der Waals surface area (Å²) in [6.07, 6.45) is 2.26. The van der Waals surface area contributed by atoms with Gasteiger partial charge in [-0.1, -0.05) is 6.92 Å². The van der Waals surface area contributed by atoms with Crippen LogP contribution in [0.2, 0.25) is 0 Å². The Morgan fingerprint density at radius 3 is 2.58 bits per heavy atom. The Kier molecular flexibility index (Phi) is 5.58. The van der Waals surface area contributed by atoms with Crippen LogP contribution in [0.5, 0.6) is 0 Å². The van der Waals surface area contributed by atoms with Crippen molar-refractivity contribution in [2.24, 2.45) is 11.7 Å². The summed E-state index contributed by atoms with van der Waals surface area (Å²) < 4.78 is 0. The molecule has 3 amide bonds. The minimum atomic E-state index is -0.566. The summed E-state index contributed by atoms with van der Waals surface area (Å²) in [4.78, 5) is 52.9. The van der Waals surface area contributed by atoms with Gasteiger partial charge in [0.15, 0.2) is 5.78 Å². The van der Waals surface area contributed by atoms with Gasteiger partial charge in [0.1, 0.15) is 6.04 Å². The first kappa shape index (κ1) is 18.4. The fraction of sp³-hybridized carbons (Fsp3) is 0.688. The van der Waals surface area contributed by atoms with Gasteiger partial charge in [0.2, 0.25) is 17.7 Å². The van der Waals surface area contributed by atoms with Crippen molar-refractivity contribution in [3.63, 3.8) is 0 Å². The van der Waals surface area contributed by atoms with Crippen LogP contribution in [0.4, 0.5) is 0 Å². The monoisotopic (exact) mass is 337 g/mol. The summed E-state index contributed by atoms with van der Waals surface area (Å²) in [6.45, 7) is 2.39. The molecule has 133 valence electrons. The van der Waals surface area contributed by atoms with E-state index in [0.29, 0.717) is 13.0 Å². The number of rotatable bonds is 6. The fourth-order valence-corrected chi connectivity index (χ4v) is 3.26. The maximum Gasteiger partial charge on any atom is 0.237 e. The maximum absolute atomic E-state index is 12.4. The van der Waals surface area contributed by atoms with E-state index < -0.39 is 17.9 Å². The van der Waals surface area contributed by atoms with Crippen molar-refractivity contribution in [2.75, 3.05) is 33.7 Å². The van der Waals surface area contributed by atoms with Gasteiger partial charge in [-0.05, 0) is 26.9 Å². The quantitative estimate of drug-likeness (QED) is 0.645. The number of hydrogen-bond donors (Lipinski definition) is 1. The Morgan fingerprint density at radius 2 is 2.00 bits per heavy atom. The molecule has 3 unspecified atom stereocenters. The van der Waals surface area contributed by atoms with E-state index in [1.54, 1.807) is 30.8 Å². The van der Waals surface area contributed by atoms with Gasteiger partial charge in [0, 0.05) is 12.5 Å². The summed E-state index contributed by atoms with van der Waals surface area (Å²) in [7, 11) is 3.60. The fourth-order valence-electron chi connectivity index (χ4n) is 3.26. The van der Waals surface area contributed by atoms with Gasteiger partial charge in [-0.3, -0.25) is 19.2 Å². The van der Waals surface area contributed by atoms with Gasteiger partial charge in [0.25, 0.3) is 0 Å². The number of Topliss-reactive ketones (excluding diaryl/α,β-unsaturated/α-hetero) is 1. The zero-order chi connectivity index (χ0) is 18.0. The van der Waals surface area contributed by atoms with Crippen molar-refractivity contribution >= 4 is 23.5 Å². The van der Waals surface area contributed by atoms with E-state index in [9.17, 15) is 19.2 Å². The Hall–Kier alpha value is -1.96. The summed E-state index contributed by atoms with van der Waals surface area (Å²) in [5.41, 5.74) is 5.19. The number of hydrogen-bond acceptors (Lipinski definition) is 5. The molecule has 0 saturated carbocycles. The molecule has 0 bridgehead atoms. The van der Waals surface area contributed by atoms with E-state index >= 15 is 0 Å². The number of likely N-dealkylation sites (tertiary alicyclic amines) is 2. The molecule has 2 rings (SSSR count). The van der Waals surface area contributed by atoms with Crippen LogP contribution >= 0.6 is 0 Å². The maximum atomic E-state index is 12.4. The second kappa shape index (κ2) is 7.29. The van der Waals surface area contributed by atoms with E-state index in [1.165, 1.54) is 11.3 Å². The standard InChI is InChI=1S/C16H25N4O4/c1-10(16(17)24)4-5-13(22)19-7-6-11-15(19)12(21)8-20(11)14(23)9-18(2)3/h5,10-11,15H,4,6-9H2,1-3H3,(H2,17,24). The number of carbonyl (C=O) groups is 4. The lowest BCUT2D eigenvalue weighted by molar-refractivity contribution is -0.134. The van der Waals surface area contributed by atoms with Crippen LogP contribution in [0.15, 0.2) is 0 Å². The van der Waals surface area contributed by atoms with Crippen LogP contribution in [-0.2, 0) is 19.2 Å². The number of carbonyl (C=O) groups excluding carboxylic acids is 4. The SMILES string of the molecule is CC(C[CH]C(=O)N1CCC2C1C(=O)CN2C(=O)CN(C)C)C(N)=O. The highest BCUT2D eigenvalue weighted by atomic mass is 16.2. The first-order chi connectivity index (χ1) is 11.2. The van der Waals surface area contributed by atoms with Crippen molar-refractivity contribution in [3.05, 3.63) is 6.42 Å². The molecule has 0 aromatic rings. The van der Waals surface area contributed by atoms with Gasteiger partial charge in [-0.15, -0.1) is 0 Å². The molecule has 0 aromatic heterocycles. The average Bonchev–Trinajstić information content (AvgIpc) is 3.05. The zero-order valence-electron chi connectivity index (χ0n) is 14.4. The highest BCUT2D eigenvalue weighted by Crippen LogP contribution is 2.30. The molecular weight excluding hydrogens is 312 g/mol. The van der Waals surface area contributed by atoms with Crippen molar-refractivity contribution in [1.29, 1.82) is 0 Å². The largest absolute Gasteiger partial charge is 0.369 e. The van der Waals surface area contributed by atoms with Crippen molar-refractivity contribution in [1.82, 2.24) is 14.7 Å². The minimum Gasteiger partial charge on any atom is -0.369 e. The van der Waals surface area contributed by atoms with Gasteiger partial charge in [-0.25, -0.2) is 0 Å². The lowest BCUT2D eigenvalue weighted by atomic mass is 10.0. The zero-order valence-corrected chi connectivity index (χ0v) is 14.4. The highest BCUT2D eigenvalue weighted by molar-refractivity contribution is 5.99. The molecule has 0 aromatic carbocycles. The summed E-state index contributed by atoms with van der Waals surface area (Å²) in [6, 6.07) is -0.806. The first-order valence-corrected chi connectivity index (χ1v) is 8.12. The van der Waals surface area contributed by atoms with E-state index in [-0.39, 0.29) is 43.1 Å². The summed E-state index contributed by atoms with van der Waals surface area (Å²) in [5, 5.41) is 0. The molecule has 8 heteroatoms. The molecule has 0 aliphatic carbocycles. The molecule has 24 heavy (non-hydrogen) atoms. The third kappa shape index (κ3) is 3.75. The molecule has 3 atom stereocenters. The van der Waals surface area contributed by atoms with Gasteiger partial charge >= 0.3 is 0 Å². The van der Waals surface area contributed by atoms with Gasteiger partial charge in [-0.2, -0.15) is 0 Å². The number of primary amides is 1. The molecule has 0 spiro atoms. The molecule has 2 aliphatic rings. The van der Waals surface area contributed by atoms with Crippen LogP contribution in [-0.4, -0.2) is 84.0 Å². The number of ketones is 1. The van der Waals surface area contributed by atoms with Crippen molar-refractivity contribution < 1.29 is 19.2 Å². The Balaban J connectivity index is 1.99. The molecule has 2 aliphatic heterocycles. The predicted octanol–water partition coefficient (Wildman–Crippen LogP) is -1.36. The molecule has 2 fully saturated rings. The molecule has 8 nitrogen and oxygen atoms in total. The number of amides is 3. The summed E-state index contributed by atoms with van der Waals surface area (Å²) >= 11 is 0. The first-order valence-electron chi connectivity index (χ1n) is 8.12. The minimum absolute atomic E-state index is 0.0590. The van der Waals surface area contributed by atoms with Crippen LogP contribution in [0.3, 0.4) is 0 Å². The summed E-state index contributed by atoms with van der Waals surface area (Å²) in [5.74, 6) is -1.36. The average molecular weight is 337 g/mol. The molecule has 1 radical (unpaired) electrons. The van der Waals surface area contributed by atoms with E-state index in [2.05, 4.69) is 0 Å². The topological polar surface area (TPSA) is 104 Å². The normalized spacial score (nSPS) is 24.4. The number of nitrogens with two attached hydrogens (primary N) is 1. The van der Waals surface area contributed by atoms with Gasteiger partial charge in [0.05, 0.1) is 25.6 Å². The van der Waals surface area contributed by atoms with Gasteiger partial charge < -0.3 is 20.4 Å². The van der Waals surface area contributed by atoms with Crippen LogP contribution in [0.1, 0.15) is 19.8 Å². The molecule has 2 N–H and O–H groups in total. The lowest BCUT2D eigenvalue weighted by Gasteiger charge is -2.25.